The Morgan fingerprint density at radius 2 is 1.92 bits per heavy atom. The summed E-state index contributed by atoms with van der Waals surface area (Å²) in [6.07, 6.45) is 0. The molecule has 0 fully saturated rings. The highest BCUT2D eigenvalue weighted by molar-refractivity contribution is 9.11. The Kier molecular flexibility index (Phi) is 3.50. The fourth-order valence-corrected chi connectivity index (χ4v) is 2.08. The summed E-state index contributed by atoms with van der Waals surface area (Å²) in [7, 11) is 1.37. The van der Waals surface area contributed by atoms with Crippen LogP contribution in [-0.4, -0.2) is 13.1 Å². The van der Waals surface area contributed by atoms with Crippen LogP contribution >= 0.6 is 31.9 Å². The lowest BCUT2D eigenvalue weighted by atomic mass is 10.1. The fraction of sp³-hybridized carbons (Fsp3) is 0.222. The number of rotatable bonds is 1. The Morgan fingerprint density at radius 1 is 1.31 bits per heavy atom. The highest BCUT2D eigenvalue weighted by Gasteiger charge is 2.11. The molecule has 70 valence electrons. The SMILES string of the molecule is COC(=O)c1cc(C)c(Br)cc1Br. The van der Waals surface area contributed by atoms with Gasteiger partial charge in [-0.1, -0.05) is 15.9 Å². The van der Waals surface area contributed by atoms with Crippen molar-refractivity contribution >= 4 is 37.8 Å². The van der Waals surface area contributed by atoms with Crippen molar-refractivity contribution in [3.05, 3.63) is 32.2 Å². The normalized spacial score (nSPS) is 9.85. The number of benzene rings is 1. The van der Waals surface area contributed by atoms with E-state index in [2.05, 4.69) is 36.6 Å². The third-order valence-corrected chi connectivity index (χ3v) is 3.16. The van der Waals surface area contributed by atoms with Crippen LogP contribution in [0.15, 0.2) is 21.1 Å². The number of ether oxygens (including phenoxy) is 1. The topological polar surface area (TPSA) is 26.3 Å². The average molecular weight is 308 g/mol. The molecular weight excluding hydrogens is 300 g/mol. The minimum Gasteiger partial charge on any atom is -0.465 e. The molecule has 0 saturated heterocycles. The van der Waals surface area contributed by atoms with Gasteiger partial charge in [-0.25, -0.2) is 4.79 Å². The Hall–Kier alpha value is -0.350. The predicted molar refractivity (Wildman–Crippen MR) is 57.9 cm³/mol. The minimum atomic E-state index is -0.331. The third kappa shape index (κ3) is 2.31. The molecule has 0 aliphatic heterocycles. The van der Waals surface area contributed by atoms with Gasteiger partial charge in [0, 0.05) is 8.95 Å². The summed E-state index contributed by atoms with van der Waals surface area (Å²) in [6, 6.07) is 3.61. The lowest BCUT2D eigenvalue weighted by molar-refractivity contribution is 0.0599. The molecule has 0 unspecified atom stereocenters. The van der Waals surface area contributed by atoms with Gasteiger partial charge >= 0.3 is 5.97 Å². The molecule has 1 aromatic carbocycles. The molecule has 0 aliphatic rings. The van der Waals surface area contributed by atoms with Gasteiger partial charge in [-0.05, 0) is 40.5 Å². The van der Waals surface area contributed by atoms with Crippen LogP contribution in [0.25, 0.3) is 0 Å². The minimum absolute atomic E-state index is 0.331. The summed E-state index contributed by atoms with van der Waals surface area (Å²) in [5, 5.41) is 0. The molecule has 0 amide bonds. The first kappa shape index (κ1) is 10.7. The predicted octanol–water partition coefficient (Wildman–Crippen LogP) is 3.31. The van der Waals surface area contributed by atoms with E-state index in [0.29, 0.717) is 5.56 Å². The molecule has 0 aliphatic carbocycles. The van der Waals surface area contributed by atoms with Gasteiger partial charge in [0.15, 0.2) is 0 Å². The molecule has 0 saturated carbocycles. The summed E-state index contributed by atoms with van der Waals surface area (Å²) in [6.45, 7) is 1.92. The molecule has 4 heteroatoms. The Labute approximate surface area is 93.5 Å². The van der Waals surface area contributed by atoms with Crippen LogP contribution in [0.2, 0.25) is 0 Å². The molecule has 0 radical (unpaired) electrons. The van der Waals surface area contributed by atoms with Gasteiger partial charge in [0.2, 0.25) is 0 Å². The van der Waals surface area contributed by atoms with E-state index in [1.165, 1.54) is 7.11 Å². The first-order valence-corrected chi connectivity index (χ1v) is 5.19. The van der Waals surface area contributed by atoms with Crippen molar-refractivity contribution in [2.75, 3.05) is 7.11 Å². The molecule has 2 nitrogen and oxygen atoms in total. The van der Waals surface area contributed by atoms with Crippen molar-refractivity contribution in [3.8, 4) is 0 Å². The molecule has 13 heavy (non-hydrogen) atoms. The molecule has 0 aromatic heterocycles. The van der Waals surface area contributed by atoms with E-state index in [0.717, 1.165) is 14.5 Å². The van der Waals surface area contributed by atoms with Gasteiger partial charge in [0.1, 0.15) is 0 Å². The summed E-state index contributed by atoms with van der Waals surface area (Å²) in [4.78, 5) is 11.2. The lowest BCUT2D eigenvalue weighted by Crippen LogP contribution is -2.02. The summed E-state index contributed by atoms with van der Waals surface area (Å²) in [5.41, 5.74) is 1.55. The van der Waals surface area contributed by atoms with E-state index >= 15 is 0 Å². The van der Waals surface area contributed by atoms with Gasteiger partial charge in [-0.3, -0.25) is 0 Å². The summed E-state index contributed by atoms with van der Waals surface area (Å²) in [5.74, 6) is -0.331. The van der Waals surface area contributed by atoms with Crippen LogP contribution in [0, 0.1) is 6.92 Å². The van der Waals surface area contributed by atoms with E-state index in [1.54, 1.807) is 6.07 Å². The Balaban J connectivity index is 3.23. The molecular formula is C9H8Br2O2. The molecule has 1 aromatic rings. The van der Waals surface area contributed by atoms with Crippen LogP contribution in [0.4, 0.5) is 0 Å². The van der Waals surface area contributed by atoms with Crippen LogP contribution in [-0.2, 0) is 4.74 Å². The van der Waals surface area contributed by atoms with Crippen molar-refractivity contribution in [2.24, 2.45) is 0 Å². The highest BCUT2D eigenvalue weighted by Crippen LogP contribution is 2.25. The largest absolute Gasteiger partial charge is 0.465 e. The maximum Gasteiger partial charge on any atom is 0.339 e. The second-order valence-corrected chi connectivity index (χ2v) is 4.28. The number of hydrogen-bond acceptors (Lipinski definition) is 2. The zero-order valence-electron chi connectivity index (χ0n) is 7.23. The Bertz CT molecular complexity index is 348. The van der Waals surface area contributed by atoms with Crippen LogP contribution < -0.4 is 0 Å². The first-order valence-electron chi connectivity index (χ1n) is 3.60. The number of carbonyl (C=O) groups excluding carboxylic acids is 1. The van der Waals surface area contributed by atoms with Gasteiger partial charge in [0.05, 0.1) is 12.7 Å². The van der Waals surface area contributed by atoms with Gasteiger partial charge in [-0.15, -0.1) is 0 Å². The molecule has 0 spiro atoms. The molecule has 0 bridgehead atoms. The maximum atomic E-state index is 11.2. The van der Waals surface area contributed by atoms with Crippen LogP contribution in [0.5, 0.6) is 0 Å². The molecule has 0 atom stereocenters. The average Bonchev–Trinajstić information content (AvgIpc) is 2.10. The van der Waals surface area contributed by atoms with E-state index in [4.69, 9.17) is 0 Å². The Morgan fingerprint density at radius 3 is 2.46 bits per heavy atom. The van der Waals surface area contributed by atoms with Crippen molar-refractivity contribution < 1.29 is 9.53 Å². The van der Waals surface area contributed by atoms with Crippen molar-refractivity contribution in [1.82, 2.24) is 0 Å². The number of methoxy groups -OCH3 is 1. The second kappa shape index (κ2) is 4.24. The molecule has 0 N–H and O–H groups in total. The van der Waals surface area contributed by atoms with E-state index in [-0.39, 0.29) is 5.97 Å². The quantitative estimate of drug-likeness (QED) is 0.744. The third-order valence-electron chi connectivity index (χ3n) is 1.65. The number of esters is 1. The standard InChI is InChI=1S/C9H8Br2O2/c1-5-3-6(9(12)13-2)8(11)4-7(5)10/h3-4H,1-2H3. The molecule has 0 heterocycles. The van der Waals surface area contributed by atoms with E-state index in [1.807, 2.05) is 13.0 Å². The van der Waals surface area contributed by atoms with E-state index in [9.17, 15) is 4.79 Å². The van der Waals surface area contributed by atoms with Gasteiger partial charge in [-0.2, -0.15) is 0 Å². The highest BCUT2D eigenvalue weighted by atomic mass is 79.9. The monoisotopic (exact) mass is 306 g/mol. The zero-order chi connectivity index (χ0) is 10.0. The maximum absolute atomic E-state index is 11.2. The van der Waals surface area contributed by atoms with Crippen molar-refractivity contribution in [1.29, 1.82) is 0 Å². The lowest BCUT2D eigenvalue weighted by Gasteiger charge is -2.05. The number of carbonyl (C=O) groups is 1. The number of hydrogen-bond donors (Lipinski definition) is 0. The van der Waals surface area contributed by atoms with Crippen molar-refractivity contribution in [2.45, 2.75) is 6.92 Å². The van der Waals surface area contributed by atoms with Gasteiger partial charge in [0.25, 0.3) is 0 Å². The summed E-state index contributed by atoms with van der Waals surface area (Å²) >= 11 is 6.66. The number of halogens is 2. The smallest absolute Gasteiger partial charge is 0.339 e. The van der Waals surface area contributed by atoms with Crippen molar-refractivity contribution in [3.63, 3.8) is 0 Å². The molecule has 1 rings (SSSR count). The number of aryl methyl sites for hydroxylation is 1. The van der Waals surface area contributed by atoms with E-state index < -0.39 is 0 Å². The fourth-order valence-electron chi connectivity index (χ4n) is 0.924. The first-order chi connectivity index (χ1) is 6.06. The zero-order valence-corrected chi connectivity index (χ0v) is 10.4. The second-order valence-electron chi connectivity index (χ2n) is 2.57. The van der Waals surface area contributed by atoms with Crippen LogP contribution in [0.1, 0.15) is 15.9 Å². The van der Waals surface area contributed by atoms with Crippen LogP contribution in [0.3, 0.4) is 0 Å². The summed E-state index contributed by atoms with van der Waals surface area (Å²) < 4.78 is 6.33. The van der Waals surface area contributed by atoms with Gasteiger partial charge < -0.3 is 4.74 Å².